The lowest BCUT2D eigenvalue weighted by atomic mass is 10.0. The fourth-order valence-electron chi connectivity index (χ4n) is 2.20. The fraction of sp³-hybridized carbons (Fsp3) is 0.538. The Balaban J connectivity index is 2.15. The summed E-state index contributed by atoms with van der Waals surface area (Å²) in [7, 11) is -2.04. The SMILES string of the molecule is COC1(CNS(=O)(=O)c2cc(C)cc(N)c2)CCOC1. The van der Waals surface area contributed by atoms with E-state index < -0.39 is 15.6 Å². The van der Waals surface area contributed by atoms with Crippen LogP contribution >= 0.6 is 0 Å². The molecule has 1 saturated heterocycles. The molecule has 0 saturated carbocycles. The molecule has 3 N–H and O–H groups in total. The lowest BCUT2D eigenvalue weighted by molar-refractivity contribution is -0.0120. The zero-order chi connectivity index (χ0) is 14.8. The summed E-state index contributed by atoms with van der Waals surface area (Å²) in [5, 5.41) is 0. The molecular weight excluding hydrogens is 280 g/mol. The number of sulfonamides is 1. The van der Waals surface area contributed by atoms with Crippen LogP contribution in [0.1, 0.15) is 12.0 Å². The minimum Gasteiger partial charge on any atom is -0.399 e. The second-order valence-electron chi connectivity index (χ2n) is 5.09. The van der Waals surface area contributed by atoms with Crippen LogP contribution in [0.5, 0.6) is 0 Å². The van der Waals surface area contributed by atoms with Crippen LogP contribution < -0.4 is 10.5 Å². The van der Waals surface area contributed by atoms with E-state index in [-0.39, 0.29) is 11.4 Å². The predicted molar refractivity (Wildman–Crippen MR) is 76.0 cm³/mol. The molecule has 0 spiro atoms. The fourth-order valence-corrected chi connectivity index (χ4v) is 3.45. The van der Waals surface area contributed by atoms with Gasteiger partial charge >= 0.3 is 0 Å². The second kappa shape index (κ2) is 5.69. The molecule has 1 aromatic carbocycles. The largest absolute Gasteiger partial charge is 0.399 e. The molecule has 0 aliphatic carbocycles. The molecule has 6 nitrogen and oxygen atoms in total. The monoisotopic (exact) mass is 300 g/mol. The summed E-state index contributed by atoms with van der Waals surface area (Å²) in [6.07, 6.45) is 0.669. The second-order valence-corrected chi connectivity index (χ2v) is 6.86. The van der Waals surface area contributed by atoms with Crippen molar-refractivity contribution < 1.29 is 17.9 Å². The molecule has 1 aliphatic rings. The van der Waals surface area contributed by atoms with Gasteiger partial charge in [-0.15, -0.1) is 0 Å². The van der Waals surface area contributed by atoms with E-state index in [0.717, 1.165) is 5.56 Å². The summed E-state index contributed by atoms with van der Waals surface area (Å²) in [4.78, 5) is 0.167. The molecule has 1 fully saturated rings. The molecule has 112 valence electrons. The highest BCUT2D eigenvalue weighted by molar-refractivity contribution is 7.89. The van der Waals surface area contributed by atoms with E-state index in [2.05, 4.69) is 4.72 Å². The highest BCUT2D eigenvalue weighted by Crippen LogP contribution is 2.23. The molecule has 1 aliphatic heterocycles. The van der Waals surface area contributed by atoms with Gasteiger partial charge in [0.1, 0.15) is 5.60 Å². The van der Waals surface area contributed by atoms with Crippen molar-refractivity contribution in [2.75, 3.05) is 32.6 Å². The summed E-state index contributed by atoms with van der Waals surface area (Å²) in [5.74, 6) is 0. The smallest absolute Gasteiger partial charge is 0.240 e. The molecular formula is C13H20N2O4S. The van der Waals surface area contributed by atoms with Crippen LogP contribution in [0.25, 0.3) is 0 Å². The van der Waals surface area contributed by atoms with E-state index in [1.54, 1.807) is 26.2 Å². The third-order valence-electron chi connectivity index (χ3n) is 3.47. The van der Waals surface area contributed by atoms with Crippen molar-refractivity contribution in [2.24, 2.45) is 0 Å². The predicted octanol–water partition coefficient (Wildman–Crippen LogP) is 0.661. The topological polar surface area (TPSA) is 90.7 Å². The first-order valence-corrected chi connectivity index (χ1v) is 7.85. The lowest BCUT2D eigenvalue weighted by Gasteiger charge is -2.25. The van der Waals surface area contributed by atoms with Crippen LogP contribution in [0.4, 0.5) is 5.69 Å². The molecule has 20 heavy (non-hydrogen) atoms. The van der Waals surface area contributed by atoms with E-state index in [1.807, 2.05) is 0 Å². The quantitative estimate of drug-likeness (QED) is 0.780. The van der Waals surface area contributed by atoms with E-state index in [0.29, 0.717) is 25.3 Å². The standard InChI is InChI=1S/C13H20N2O4S/c1-10-5-11(14)7-12(6-10)20(16,17)15-8-13(18-2)3-4-19-9-13/h5-7,15H,3-4,8-9,14H2,1-2H3. The summed E-state index contributed by atoms with van der Waals surface area (Å²) >= 11 is 0. The first-order chi connectivity index (χ1) is 9.37. The number of ether oxygens (including phenoxy) is 2. The Hall–Kier alpha value is -1.15. The van der Waals surface area contributed by atoms with Gasteiger partial charge in [0.2, 0.25) is 10.0 Å². The normalized spacial score (nSPS) is 23.1. The Kier molecular flexibility index (Phi) is 4.33. The number of methoxy groups -OCH3 is 1. The average Bonchev–Trinajstić information content (AvgIpc) is 2.85. The zero-order valence-electron chi connectivity index (χ0n) is 11.7. The number of nitrogens with one attached hydrogen (secondary N) is 1. The van der Waals surface area contributed by atoms with Crippen molar-refractivity contribution in [3.8, 4) is 0 Å². The number of rotatable bonds is 5. The summed E-state index contributed by atoms with van der Waals surface area (Å²) in [6, 6.07) is 4.75. The Morgan fingerprint density at radius 1 is 1.45 bits per heavy atom. The Bertz CT molecular complexity index is 560. The highest BCUT2D eigenvalue weighted by atomic mass is 32.2. The van der Waals surface area contributed by atoms with E-state index in [1.165, 1.54) is 6.07 Å². The molecule has 7 heteroatoms. The zero-order valence-corrected chi connectivity index (χ0v) is 12.5. The maximum absolute atomic E-state index is 12.3. The first-order valence-electron chi connectivity index (χ1n) is 6.37. The number of hydrogen-bond acceptors (Lipinski definition) is 5. The third kappa shape index (κ3) is 3.29. The van der Waals surface area contributed by atoms with Crippen molar-refractivity contribution in [1.29, 1.82) is 0 Å². The number of anilines is 1. The highest BCUT2D eigenvalue weighted by Gasteiger charge is 2.36. The van der Waals surface area contributed by atoms with Gasteiger partial charge in [-0.25, -0.2) is 13.1 Å². The Labute approximate surface area is 119 Å². The Morgan fingerprint density at radius 2 is 2.20 bits per heavy atom. The molecule has 1 aromatic rings. The van der Waals surface area contributed by atoms with Gasteiger partial charge in [-0.05, 0) is 30.7 Å². The maximum atomic E-state index is 12.3. The summed E-state index contributed by atoms with van der Waals surface area (Å²) < 4.78 is 37.8. The van der Waals surface area contributed by atoms with Crippen molar-refractivity contribution in [1.82, 2.24) is 4.72 Å². The maximum Gasteiger partial charge on any atom is 0.240 e. The van der Waals surface area contributed by atoms with E-state index in [4.69, 9.17) is 15.2 Å². The number of hydrogen-bond donors (Lipinski definition) is 2. The molecule has 1 unspecified atom stereocenters. The van der Waals surface area contributed by atoms with Crippen LogP contribution in [-0.2, 0) is 19.5 Å². The van der Waals surface area contributed by atoms with Gasteiger partial charge in [0, 0.05) is 32.4 Å². The average molecular weight is 300 g/mol. The van der Waals surface area contributed by atoms with Crippen molar-refractivity contribution in [3.63, 3.8) is 0 Å². The number of aryl methyl sites for hydroxylation is 1. The minimum atomic E-state index is -3.61. The number of benzene rings is 1. The van der Waals surface area contributed by atoms with Crippen LogP contribution in [0.2, 0.25) is 0 Å². The van der Waals surface area contributed by atoms with Crippen LogP contribution in [0.3, 0.4) is 0 Å². The van der Waals surface area contributed by atoms with Crippen LogP contribution in [-0.4, -0.2) is 40.9 Å². The summed E-state index contributed by atoms with van der Waals surface area (Å²) in [6.45, 7) is 2.95. The third-order valence-corrected chi connectivity index (χ3v) is 4.85. The molecule has 0 amide bonds. The van der Waals surface area contributed by atoms with Gasteiger partial charge in [-0.2, -0.15) is 0 Å². The summed E-state index contributed by atoms with van der Waals surface area (Å²) in [5.41, 5.74) is 6.34. The molecule has 0 aromatic heterocycles. The van der Waals surface area contributed by atoms with E-state index in [9.17, 15) is 8.42 Å². The van der Waals surface area contributed by atoms with Crippen molar-refractivity contribution in [3.05, 3.63) is 23.8 Å². The van der Waals surface area contributed by atoms with Crippen LogP contribution in [0, 0.1) is 6.92 Å². The van der Waals surface area contributed by atoms with Crippen LogP contribution in [0.15, 0.2) is 23.1 Å². The number of nitrogens with two attached hydrogens (primary N) is 1. The molecule has 1 atom stereocenters. The molecule has 0 bridgehead atoms. The van der Waals surface area contributed by atoms with Gasteiger partial charge in [0.15, 0.2) is 0 Å². The van der Waals surface area contributed by atoms with Gasteiger partial charge < -0.3 is 15.2 Å². The minimum absolute atomic E-state index is 0.167. The molecule has 1 heterocycles. The molecule has 0 radical (unpaired) electrons. The lowest BCUT2D eigenvalue weighted by Crippen LogP contribution is -2.44. The first kappa shape index (κ1) is 15.2. The van der Waals surface area contributed by atoms with Crippen molar-refractivity contribution in [2.45, 2.75) is 23.8 Å². The number of nitrogen functional groups attached to an aromatic ring is 1. The van der Waals surface area contributed by atoms with Crippen molar-refractivity contribution >= 4 is 15.7 Å². The Morgan fingerprint density at radius 3 is 2.75 bits per heavy atom. The van der Waals surface area contributed by atoms with Gasteiger partial charge in [-0.1, -0.05) is 0 Å². The van der Waals surface area contributed by atoms with Gasteiger partial charge in [0.05, 0.1) is 11.5 Å². The van der Waals surface area contributed by atoms with E-state index >= 15 is 0 Å². The molecule has 2 rings (SSSR count). The van der Waals surface area contributed by atoms with Gasteiger partial charge in [0.25, 0.3) is 0 Å². The van der Waals surface area contributed by atoms with Gasteiger partial charge in [-0.3, -0.25) is 0 Å².